The van der Waals surface area contributed by atoms with Gasteiger partial charge in [-0.2, -0.15) is 0 Å². The topological polar surface area (TPSA) is 234 Å². The fraction of sp³-hybridized carbons (Fsp3) is 0.642. The summed E-state index contributed by atoms with van der Waals surface area (Å²) in [5, 5.41) is 54.5. The van der Waals surface area contributed by atoms with E-state index in [1.807, 2.05) is 6.92 Å². The van der Waals surface area contributed by atoms with Crippen LogP contribution in [0.25, 0.3) is 10.8 Å². The van der Waals surface area contributed by atoms with Crippen molar-refractivity contribution in [2.45, 2.75) is 117 Å². The first-order chi connectivity index (χ1) is 33.7. The molecule has 390 valence electrons. The minimum absolute atomic E-state index is 0.0508. The van der Waals surface area contributed by atoms with Gasteiger partial charge < -0.3 is 59.6 Å². The van der Waals surface area contributed by atoms with Crippen molar-refractivity contribution in [3.8, 4) is 17.2 Å². The van der Waals surface area contributed by atoms with Gasteiger partial charge in [0.2, 0.25) is 0 Å². The van der Waals surface area contributed by atoms with Gasteiger partial charge >= 0.3 is 11.8 Å². The van der Waals surface area contributed by atoms with Crippen LogP contribution in [-0.2, 0) is 28.5 Å². The molecule has 2 unspecified atom stereocenters. The molecule has 0 saturated carbocycles. The third kappa shape index (κ3) is 11.3. The SMILES string of the molecule is CO[C@H]1/C=C/O[C@@]2(C)Oc3c(C)c(O)c4c(O)c(c5c(c4c3C2=O)NC2(CCN(CC(C)C)CC2)N=5)=NC(=O)/C(C)=C\C=C\C(C)[C@H](O)[C@@H](C)C(O)[C@@H](C)[C@H](OC(=O)CNCCCN2CCOCC2)[C@@H]1C. The number of phenolic OH excluding ortho intramolecular Hbond substituents is 2. The number of likely N-dealkylation sites (tertiary alicyclic amines) is 1. The summed E-state index contributed by atoms with van der Waals surface area (Å²) < 4.78 is 30.2. The van der Waals surface area contributed by atoms with Crippen LogP contribution in [0, 0.1) is 36.5 Å². The third-order valence-electron chi connectivity index (χ3n) is 15.1. The van der Waals surface area contributed by atoms with Gasteiger partial charge in [-0.25, -0.2) is 4.99 Å². The van der Waals surface area contributed by atoms with E-state index >= 15 is 0 Å². The zero-order valence-electron chi connectivity index (χ0n) is 43.1. The third-order valence-corrected chi connectivity index (χ3v) is 15.1. The van der Waals surface area contributed by atoms with Gasteiger partial charge in [0.25, 0.3) is 11.7 Å². The Hall–Kier alpha value is -4.95. The number of hydrogen-bond donors (Lipinski definition) is 6. The average molecular weight is 989 g/mol. The van der Waals surface area contributed by atoms with Crippen LogP contribution >= 0.6 is 0 Å². The average Bonchev–Trinajstić information content (AvgIpc) is 3.85. The van der Waals surface area contributed by atoms with Crippen molar-refractivity contribution in [1.29, 1.82) is 0 Å². The molecule has 6 aliphatic rings. The molecule has 6 heterocycles. The number of ether oxygens (including phenoxy) is 5. The van der Waals surface area contributed by atoms with Crippen LogP contribution in [0.15, 0.2) is 46.1 Å². The van der Waals surface area contributed by atoms with Crippen LogP contribution in [-0.4, -0.2) is 156 Å². The predicted octanol–water partition coefficient (Wildman–Crippen LogP) is 4.04. The predicted molar refractivity (Wildman–Crippen MR) is 267 cm³/mol. The number of allylic oxidation sites excluding steroid dienone is 2. The van der Waals surface area contributed by atoms with Gasteiger partial charge in [0.05, 0.1) is 61.0 Å². The van der Waals surface area contributed by atoms with Gasteiger partial charge in [-0.1, -0.05) is 59.8 Å². The summed E-state index contributed by atoms with van der Waals surface area (Å²) in [6, 6.07) is 0. The Bertz CT molecular complexity index is 2530. The van der Waals surface area contributed by atoms with E-state index < -0.39 is 82.9 Å². The molecule has 18 heteroatoms. The number of esters is 1. The number of nitrogens with one attached hydrogen (secondary N) is 2. The van der Waals surface area contributed by atoms with Gasteiger partial charge in [0.15, 0.2) is 5.75 Å². The number of aliphatic hydroxyl groups is 2. The lowest BCUT2D eigenvalue weighted by atomic mass is 9.78. The normalized spacial score (nSPS) is 31.3. The van der Waals surface area contributed by atoms with Crippen LogP contribution < -0.4 is 26.1 Å². The van der Waals surface area contributed by atoms with E-state index in [9.17, 15) is 34.8 Å². The van der Waals surface area contributed by atoms with Gasteiger partial charge in [-0.05, 0) is 45.4 Å². The number of amides is 1. The molecule has 5 bridgehead atoms. The van der Waals surface area contributed by atoms with Crippen LogP contribution in [0.4, 0.5) is 5.69 Å². The number of carbonyl (C=O) groups is 3. The summed E-state index contributed by atoms with van der Waals surface area (Å²) in [7, 11) is 1.49. The molecular formula is C53H76N6O12. The molecule has 8 rings (SSSR count). The molecular weight excluding hydrogens is 913 g/mol. The second kappa shape index (κ2) is 22.4. The van der Waals surface area contributed by atoms with Crippen LogP contribution in [0.1, 0.15) is 90.6 Å². The lowest BCUT2D eigenvalue weighted by molar-refractivity contribution is -0.162. The smallest absolute Gasteiger partial charge is 0.320 e. The number of phenols is 2. The van der Waals surface area contributed by atoms with E-state index in [1.54, 1.807) is 58.9 Å². The summed E-state index contributed by atoms with van der Waals surface area (Å²) >= 11 is 0. The number of rotatable bonds is 10. The quantitative estimate of drug-likeness (QED) is 0.112. The van der Waals surface area contributed by atoms with E-state index in [2.05, 4.69) is 39.3 Å². The summed E-state index contributed by atoms with van der Waals surface area (Å²) in [6.07, 6.45) is 5.80. The number of fused-ring (bicyclic) bond motifs is 13. The van der Waals surface area contributed by atoms with Crippen molar-refractivity contribution in [2.24, 2.45) is 39.6 Å². The first-order valence-electron chi connectivity index (χ1n) is 25.3. The molecule has 2 saturated heterocycles. The highest BCUT2D eigenvalue weighted by atomic mass is 16.7. The van der Waals surface area contributed by atoms with Gasteiger partial charge in [-0.15, -0.1) is 0 Å². The Labute approximate surface area is 416 Å². The lowest BCUT2D eigenvalue weighted by Gasteiger charge is -2.38. The maximum absolute atomic E-state index is 14.9. The van der Waals surface area contributed by atoms with E-state index in [0.29, 0.717) is 44.2 Å². The molecule has 2 aromatic rings. The molecule has 2 fully saturated rings. The second-order valence-corrected chi connectivity index (χ2v) is 20.8. The number of morpholine rings is 1. The molecule has 1 amide bonds. The van der Waals surface area contributed by atoms with E-state index in [0.717, 1.165) is 45.7 Å². The highest BCUT2D eigenvalue weighted by Gasteiger charge is 2.51. The summed E-state index contributed by atoms with van der Waals surface area (Å²) in [6.45, 7) is 22.9. The van der Waals surface area contributed by atoms with Crippen molar-refractivity contribution >= 4 is 34.1 Å². The number of piperidine rings is 1. The first-order valence-corrected chi connectivity index (χ1v) is 25.3. The van der Waals surface area contributed by atoms with Crippen LogP contribution in [0.5, 0.6) is 17.2 Å². The zero-order valence-corrected chi connectivity index (χ0v) is 43.1. The number of anilines is 1. The number of nitrogens with zero attached hydrogens (tertiary/aromatic N) is 4. The van der Waals surface area contributed by atoms with E-state index in [-0.39, 0.29) is 56.2 Å². The number of ketones is 1. The number of carbonyl (C=O) groups excluding carboxylic acids is 3. The van der Waals surface area contributed by atoms with E-state index in [1.165, 1.54) is 20.3 Å². The largest absolute Gasteiger partial charge is 0.507 e. The molecule has 0 aliphatic carbocycles. The summed E-state index contributed by atoms with van der Waals surface area (Å²) in [4.78, 5) is 56.8. The van der Waals surface area contributed by atoms with Gasteiger partial charge in [0.1, 0.15) is 34.0 Å². The lowest BCUT2D eigenvalue weighted by Crippen LogP contribution is -2.47. The Morgan fingerprint density at radius 1 is 0.944 bits per heavy atom. The van der Waals surface area contributed by atoms with Crippen molar-refractivity contribution < 1.29 is 58.5 Å². The molecule has 0 aromatic heterocycles. The minimum Gasteiger partial charge on any atom is -0.507 e. The van der Waals surface area contributed by atoms with E-state index in [4.69, 9.17) is 28.7 Å². The Balaban J connectivity index is 1.27. The molecule has 1 spiro atoms. The van der Waals surface area contributed by atoms with Crippen molar-refractivity contribution in [3.63, 3.8) is 0 Å². The molecule has 9 atom stereocenters. The Kier molecular flexibility index (Phi) is 17.0. The molecule has 6 N–H and O–H groups in total. The molecule has 71 heavy (non-hydrogen) atoms. The number of aliphatic hydroxyl groups excluding tert-OH is 2. The standard InChI is InChI=1S/C53H76N6O12/c1-29(2)28-59-20-16-53(17-21-59)56-41-38-39-46(63)35(8)49-40(38)50(65)52(9,71-49)69-24-15-36(67-10)32(5)48(70-37(60)27-54-18-12-19-58-22-25-68-26-23-58)34(7)45(62)33(6)44(61)30(3)13-11-14-31(4)51(66)55-43(47(39)64)42(41)57-53/h11,13-15,24,29-30,32-34,36,44-45,48,54,56,61-64H,12,16-23,25-28H2,1-10H3/b13-11+,24-15+,31-14-,55-43?/t30?,32-,33-,34-,36+,44+,45?,48-,52+/m1/s1. The number of hydrogen-bond acceptors (Lipinski definition) is 17. The molecule has 2 aromatic carbocycles. The minimum atomic E-state index is -1.97. The Morgan fingerprint density at radius 2 is 1.65 bits per heavy atom. The monoisotopic (exact) mass is 989 g/mol. The summed E-state index contributed by atoms with van der Waals surface area (Å²) in [5.41, 5.74) is -0.134. The second-order valence-electron chi connectivity index (χ2n) is 20.8. The number of aromatic hydroxyl groups is 2. The zero-order chi connectivity index (χ0) is 51.5. The highest BCUT2D eigenvalue weighted by Crippen LogP contribution is 2.51. The molecule has 6 aliphatic heterocycles. The van der Waals surface area contributed by atoms with Crippen molar-refractivity contribution in [1.82, 2.24) is 15.1 Å². The number of Topliss-reactive ketones (excluding diaryl/α,β-unsaturated/α-hetero) is 1. The van der Waals surface area contributed by atoms with Crippen molar-refractivity contribution in [2.75, 3.05) is 78.0 Å². The molecule has 0 radical (unpaired) electrons. The van der Waals surface area contributed by atoms with Gasteiger partial charge in [-0.3, -0.25) is 24.3 Å². The molecule has 18 nitrogen and oxygen atoms in total. The maximum Gasteiger partial charge on any atom is 0.320 e. The van der Waals surface area contributed by atoms with Crippen LogP contribution in [0.2, 0.25) is 0 Å². The fourth-order valence-electron chi connectivity index (χ4n) is 10.7. The number of methoxy groups -OCH3 is 1. The highest BCUT2D eigenvalue weighted by molar-refractivity contribution is 6.21. The Morgan fingerprint density at radius 3 is 2.32 bits per heavy atom. The fourth-order valence-corrected chi connectivity index (χ4v) is 10.7. The maximum atomic E-state index is 14.9. The summed E-state index contributed by atoms with van der Waals surface area (Å²) in [5.74, 6) is -6.72. The van der Waals surface area contributed by atoms with Crippen molar-refractivity contribution in [3.05, 3.63) is 58.0 Å². The first kappa shape index (κ1) is 53.8. The van der Waals surface area contributed by atoms with Gasteiger partial charge in [0, 0.05) is 99.8 Å². The van der Waals surface area contributed by atoms with Crippen LogP contribution in [0.3, 0.4) is 0 Å². The number of benzene rings is 2.